The summed E-state index contributed by atoms with van der Waals surface area (Å²) >= 11 is 0. The Bertz CT molecular complexity index is 1260. The average molecular weight is 587 g/mol. The molecule has 3 rings (SSSR count). The van der Waals surface area contributed by atoms with Crippen molar-refractivity contribution in [1.82, 2.24) is 15.8 Å². The van der Waals surface area contributed by atoms with E-state index in [9.17, 15) is 23.1 Å². The molecule has 0 aromatic heterocycles. The molecule has 1 saturated carbocycles. The second-order valence-electron chi connectivity index (χ2n) is 11.7. The van der Waals surface area contributed by atoms with Gasteiger partial charge in [0, 0.05) is 25.6 Å². The van der Waals surface area contributed by atoms with E-state index in [1.807, 2.05) is 34.6 Å². The lowest BCUT2D eigenvalue weighted by atomic mass is 9.98. The van der Waals surface area contributed by atoms with E-state index in [1.54, 1.807) is 48.5 Å². The van der Waals surface area contributed by atoms with Crippen LogP contribution in [0.2, 0.25) is 0 Å². The molecule has 2 aromatic carbocycles. The lowest BCUT2D eigenvalue weighted by molar-refractivity contribution is -0.142. The van der Waals surface area contributed by atoms with Crippen molar-refractivity contribution < 1.29 is 23.1 Å². The highest BCUT2D eigenvalue weighted by atomic mass is 32.2. The van der Waals surface area contributed by atoms with Gasteiger partial charge in [-0.1, -0.05) is 71.4 Å². The number of rotatable bonds is 15. The predicted octanol–water partition coefficient (Wildman–Crippen LogP) is 4.47. The van der Waals surface area contributed by atoms with Gasteiger partial charge in [-0.25, -0.2) is 8.42 Å². The van der Waals surface area contributed by atoms with Crippen molar-refractivity contribution >= 4 is 27.5 Å². The molecule has 3 N–H and O–H groups in total. The molecule has 41 heavy (non-hydrogen) atoms. The highest BCUT2D eigenvalue weighted by Gasteiger charge is 2.29. The van der Waals surface area contributed by atoms with Crippen LogP contribution in [0.5, 0.6) is 5.75 Å². The molecule has 0 spiro atoms. The summed E-state index contributed by atoms with van der Waals surface area (Å²) in [5, 5.41) is 15.9. The number of nitrogens with one attached hydrogen (secondary N) is 2. The first-order valence-electron chi connectivity index (χ1n) is 14.6. The van der Waals surface area contributed by atoms with Gasteiger partial charge in [0.1, 0.15) is 5.75 Å². The number of anilines is 1. The number of phenolic OH excluding ortho intramolecular Hbond substituents is 1. The van der Waals surface area contributed by atoms with E-state index in [4.69, 9.17) is 0 Å². The summed E-state index contributed by atoms with van der Waals surface area (Å²) in [6.45, 7) is 10.4. The van der Waals surface area contributed by atoms with Gasteiger partial charge in [0.05, 0.1) is 17.1 Å². The van der Waals surface area contributed by atoms with Gasteiger partial charge in [0.25, 0.3) is 15.9 Å². The Morgan fingerprint density at radius 3 is 2.27 bits per heavy atom. The highest BCUT2D eigenvalue weighted by Crippen LogP contribution is 2.36. The van der Waals surface area contributed by atoms with Gasteiger partial charge in [0.15, 0.2) is 0 Å². The quantitative estimate of drug-likeness (QED) is 0.265. The standard InChI is InChI=1S/C31H46N4O5S/c1-6-23(4)18-30(37)34(33-29(36)19-32-26-15-16-26)21-24(5)17-25-11-10-14-28(31(25)38)35(20-22(2)3)41(39,40)27-12-8-7-9-13-27/h7-14,22-24,26,32,38H,6,15-21H2,1-5H3,(H,33,36)/t23-,24+/m0/s1. The minimum atomic E-state index is -3.92. The molecule has 10 heteroatoms. The smallest absolute Gasteiger partial charge is 0.264 e. The Morgan fingerprint density at radius 2 is 1.66 bits per heavy atom. The zero-order valence-corrected chi connectivity index (χ0v) is 25.8. The molecule has 0 saturated heterocycles. The van der Waals surface area contributed by atoms with Crippen molar-refractivity contribution in [3.05, 3.63) is 54.1 Å². The van der Waals surface area contributed by atoms with E-state index in [0.717, 1.165) is 19.3 Å². The number of hydrazine groups is 1. The number of nitrogens with zero attached hydrogens (tertiary/aromatic N) is 2. The van der Waals surface area contributed by atoms with Gasteiger partial charge < -0.3 is 10.4 Å². The summed E-state index contributed by atoms with van der Waals surface area (Å²) in [4.78, 5) is 25.9. The number of phenols is 1. The van der Waals surface area contributed by atoms with Crippen LogP contribution in [0.3, 0.4) is 0 Å². The van der Waals surface area contributed by atoms with E-state index < -0.39 is 10.0 Å². The summed E-state index contributed by atoms with van der Waals surface area (Å²) in [5.41, 5.74) is 3.57. The first kappa shape index (κ1) is 32.4. The predicted molar refractivity (Wildman–Crippen MR) is 162 cm³/mol. The summed E-state index contributed by atoms with van der Waals surface area (Å²) in [6.07, 6.45) is 3.67. The van der Waals surface area contributed by atoms with Crippen LogP contribution in [-0.4, -0.2) is 56.0 Å². The van der Waals surface area contributed by atoms with Crippen molar-refractivity contribution in [2.24, 2.45) is 17.8 Å². The molecule has 2 aromatic rings. The van der Waals surface area contributed by atoms with E-state index >= 15 is 0 Å². The minimum absolute atomic E-state index is 0.0126. The Labute approximate surface area is 245 Å². The lowest BCUT2D eigenvalue weighted by Gasteiger charge is -2.29. The van der Waals surface area contributed by atoms with Gasteiger partial charge in [-0.05, 0) is 60.8 Å². The fourth-order valence-electron chi connectivity index (χ4n) is 4.55. The van der Waals surface area contributed by atoms with Crippen LogP contribution in [0.25, 0.3) is 0 Å². The van der Waals surface area contributed by atoms with E-state index in [1.165, 1.54) is 9.31 Å². The third kappa shape index (κ3) is 9.46. The molecule has 0 bridgehead atoms. The molecule has 1 aliphatic rings. The summed E-state index contributed by atoms with van der Waals surface area (Å²) in [6, 6.07) is 13.7. The summed E-state index contributed by atoms with van der Waals surface area (Å²) < 4.78 is 28.5. The van der Waals surface area contributed by atoms with E-state index in [-0.39, 0.29) is 65.5 Å². The van der Waals surface area contributed by atoms with Crippen LogP contribution in [0.1, 0.15) is 65.9 Å². The number of sulfonamides is 1. The third-order valence-corrected chi connectivity index (χ3v) is 9.00. The van der Waals surface area contributed by atoms with Crippen LogP contribution in [0, 0.1) is 17.8 Å². The Hall–Kier alpha value is -3.11. The van der Waals surface area contributed by atoms with Gasteiger partial charge >= 0.3 is 0 Å². The maximum Gasteiger partial charge on any atom is 0.264 e. The van der Waals surface area contributed by atoms with Crippen LogP contribution >= 0.6 is 0 Å². The molecule has 0 aliphatic heterocycles. The summed E-state index contributed by atoms with van der Waals surface area (Å²) in [5.74, 6) is -0.463. The topological polar surface area (TPSA) is 119 Å². The van der Waals surface area contributed by atoms with Gasteiger partial charge in [0.2, 0.25) is 5.91 Å². The molecule has 1 aliphatic carbocycles. The fourth-order valence-corrected chi connectivity index (χ4v) is 6.21. The molecule has 1 fully saturated rings. The Morgan fingerprint density at radius 1 is 0.976 bits per heavy atom. The van der Waals surface area contributed by atoms with Crippen molar-refractivity contribution in [2.45, 2.75) is 77.7 Å². The van der Waals surface area contributed by atoms with Gasteiger partial charge in [-0.3, -0.25) is 24.3 Å². The monoisotopic (exact) mass is 586 g/mol. The normalized spacial score (nSPS) is 14.9. The second kappa shape index (κ2) is 14.7. The molecule has 2 atom stereocenters. The lowest BCUT2D eigenvalue weighted by Crippen LogP contribution is -2.51. The fraction of sp³-hybridized carbons (Fsp3) is 0.548. The molecular formula is C31H46N4O5S. The Balaban J connectivity index is 1.80. The van der Waals surface area contributed by atoms with E-state index in [2.05, 4.69) is 10.7 Å². The molecular weight excluding hydrogens is 540 g/mol. The maximum absolute atomic E-state index is 13.6. The maximum atomic E-state index is 13.6. The number of para-hydroxylation sites is 1. The van der Waals surface area contributed by atoms with Crippen molar-refractivity contribution in [1.29, 1.82) is 0 Å². The van der Waals surface area contributed by atoms with Crippen molar-refractivity contribution in [2.75, 3.05) is 23.9 Å². The SMILES string of the molecule is CC[C@H](C)CC(=O)N(C[C@H](C)Cc1cccc(N(CC(C)C)S(=O)(=O)c2ccccc2)c1O)NC(=O)CNC1CC1. The molecule has 9 nitrogen and oxygen atoms in total. The number of benzene rings is 2. The molecule has 0 radical (unpaired) electrons. The first-order valence-corrected chi connectivity index (χ1v) is 16.1. The number of aromatic hydroxyl groups is 1. The van der Waals surface area contributed by atoms with Gasteiger partial charge in [-0.2, -0.15) is 0 Å². The third-order valence-electron chi connectivity index (χ3n) is 7.20. The Kier molecular flexibility index (Phi) is 11.6. The average Bonchev–Trinajstić information content (AvgIpc) is 3.76. The number of hydrogen-bond acceptors (Lipinski definition) is 6. The van der Waals surface area contributed by atoms with Crippen LogP contribution < -0.4 is 15.0 Å². The largest absolute Gasteiger partial charge is 0.505 e. The number of carbonyl (C=O) groups excluding carboxylic acids is 2. The van der Waals surface area contributed by atoms with E-state index in [0.29, 0.717) is 24.4 Å². The second-order valence-corrected chi connectivity index (χ2v) is 13.6. The first-order chi connectivity index (χ1) is 19.4. The molecule has 2 amide bonds. The van der Waals surface area contributed by atoms with Crippen LogP contribution in [-0.2, 0) is 26.0 Å². The van der Waals surface area contributed by atoms with Crippen molar-refractivity contribution in [3.63, 3.8) is 0 Å². The highest BCUT2D eigenvalue weighted by molar-refractivity contribution is 7.92. The van der Waals surface area contributed by atoms with Crippen LogP contribution in [0.15, 0.2) is 53.4 Å². The molecule has 0 heterocycles. The molecule has 226 valence electrons. The zero-order valence-electron chi connectivity index (χ0n) is 25.0. The van der Waals surface area contributed by atoms with Crippen molar-refractivity contribution in [3.8, 4) is 5.75 Å². The molecule has 0 unspecified atom stereocenters. The summed E-state index contributed by atoms with van der Waals surface area (Å²) in [7, 11) is -3.92. The zero-order chi connectivity index (χ0) is 30.2. The van der Waals surface area contributed by atoms with Crippen LogP contribution in [0.4, 0.5) is 5.69 Å². The number of carbonyl (C=O) groups is 2. The number of amides is 2. The van der Waals surface area contributed by atoms with Gasteiger partial charge in [-0.15, -0.1) is 0 Å². The minimum Gasteiger partial charge on any atom is -0.505 e. The number of hydrogen-bond donors (Lipinski definition) is 3.